The van der Waals surface area contributed by atoms with Crippen molar-refractivity contribution in [1.29, 1.82) is 0 Å². The Labute approximate surface area is 136 Å². The Hall–Kier alpha value is -2.27. The predicted molar refractivity (Wildman–Crippen MR) is 90.4 cm³/mol. The van der Waals surface area contributed by atoms with Crippen molar-refractivity contribution in [3.8, 4) is 5.75 Å². The standard InChI is InChI=1S/C16H19N3O2.ClH/c1-12-4-2-5-14(10-12)21-9-3-6-16(20)19-13-7-8-15(17)18-11-13;/h2,4-5,7-8,10-11H,3,6,9H2,1H3,(H2,17,18)(H,19,20);1H. The minimum atomic E-state index is -0.0607. The van der Waals surface area contributed by atoms with Crippen molar-refractivity contribution in [2.45, 2.75) is 19.8 Å². The van der Waals surface area contributed by atoms with Crippen molar-refractivity contribution in [2.24, 2.45) is 0 Å². The number of pyridine rings is 1. The van der Waals surface area contributed by atoms with Gasteiger partial charge in [0.15, 0.2) is 0 Å². The van der Waals surface area contributed by atoms with Gasteiger partial charge in [0.25, 0.3) is 0 Å². The lowest BCUT2D eigenvalue weighted by atomic mass is 10.2. The van der Waals surface area contributed by atoms with Gasteiger partial charge in [0.1, 0.15) is 11.6 Å². The first-order chi connectivity index (χ1) is 10.1. The maximum Gasteiger partial charge on any atom is 0.224 e. The minimum absolute atomic E-state index is 0. The molecule has 0 saturated heterocycles. The van der Waals surface area contributed by atoms with Crippen molar-refractivity contribution < 1.29 is 9.53 Å². The van der Waals surface area contributed by atoms with Crippen LogP contribution in [0.25, 0.3) is 0 Å². The van der Waals surface area contributed by atoms with Crippen LogP contribution >= 0.6 is 12.4 Å². The molecule has 0 radical (unpaired) electrons. The maximum atomic E-state index is 11.7. The summed E-state index contributed by atoms with van der Waals surface area (Å²) < 4.78 is 5.59. The number of hydrogen-bond donors (Lipinski definition) is 2. The van der Waals surface area contributed by atoms with E-state index in [2.05, 4.69) is 10.3 Å². The van der Waals surface area contributed by atoms with Crippen LogP contribution in [0.5, 0.6) is 5.75 Å². The van der Waals surface area contributed by atoms with E-state index >= 15 is 0 Å². The summed E-state index contributed by atoms with van der Waals surface area (Å²) >= 11 is 0. The number of nitrogens with two attached hydrogens (primary N) is 1. The van der Waals surface area contributed by atoms with Gasteiger partial charge in [0.2, 0.25) is 5.91 Å². The van der Waals surface area contributed by atoms with Crippen molar-refractivity contribution >= 4 is 29.8 Å². The monoisotopic (exact) mass is 321 g/mol. The summed E-state index contributed by atoms with van der Waals surface area (Å²) in [5, 5.41) is 2.76. The molecule has 0 bridgehead atoms. The number of carbonyl (C=O) groups is 1. The van der Waals surface area contributed by atoms with Crippen molar-refractivity contribution in [3.05, 3.63) is 48.2 Å². The number of ether oxygens (including phenoxy) is 1. The predicted octanol–water partition coefficient (Wildman–Crippen LogP) is 3.19. The number of aromatic nitrogens is 1. The molecule has 0 atom stereocenters. The fourth-order valence-corrected chi connectivity index (χ4v) is 1.83. The van der Waals surface area contributed by atoms with E-state index < -0.39 is 0 Å². The molecule has 1 amide bonds. The summed E-state index contributed by atoms with van der Waals surface area (Å²) in [7, 11) is 0. The zero-order chi connectivity index (χ0) is 15.1. The number of anilines is 2. The van der Waals surface area contributed by atoms with Crippen LogP contribution in [0.3, 0.4) is 0 Å². The van der Waals surface area contributed by atoms with Gasteiger partial charge in [-0.15, -0.1) is 12.4 Å². The van der Waals surface area contributed by atoms with Gasteiger partial charge in [-0.05, 0) is 43.2 Å². The highest BCUT2D eigenvalue weighted by atomic mass is 35.5. The molecule has 6 heteroatoms. The first-order valence-electron chi connectivity index (χ1n) is 6.84. The number of benzene rings is 1. The molecule has 1 aromatic carbocycles. The number of nitrogens with zero attached hydrogens (tertiary/aromatic N) is 1. The van der Waals surface area contributed by atoms with E-state index in [1.807, 2.05) is 31.2 Å². The largest absolute Gasteiger partial charge is 0.494 e. The second kappa shape index (κ2) is 8.89. The zero-order valence-corrected chi connectivity index (χ0v) is 13.2. The molecule has 1 heterocycles. The lowest BCUT2D eigenvalue weighted by molar-refractivity contribution is -0.116. The van der Waals surface area contributed by atoms with E-state index in [0.29, 0.717) is 31.0 Å². The second-order valence-electron chi connectivity index (χ2n) is 4.79. The van der Waals surface area contributed by atoms with Gasteiger partial charge in [-0.25, -0.2) is 4.98 Å². The summed E-state index contributed by atoms with van der Waals surface area (Å²) in [4.78, 5) is 15.7. The number of nitrogens with one attached hydrogen (secondary N) is 1. The number of rotatable bonds is 6. The number of nitrogen functional groups attached to an aromatic ring is 1. The SMILES string of the molecule is Cc1cccc(OCCCC(=O)Nc2ccc(N)nc2)c1.Cl. The molecule has 118 valence electrons. The quantitative estimate of drug-likeness (QED) is 0.801. The molecule has 2 rings (SSSR count). The highest BCUT2D eigenvalue weighted by Gasteiger charge is 2.03. The molecule has 0 saturated carbocycles. The Morgan fingerprint density at radius 3 is 2.82 bits per heavy atom. The molecule has 22 heavy (non-hydrogen) atoms. The Morgan fingerprint density at radius 1 is 1.32 bits per heavy atom. The second-order valence-corrected chi connectivity index (χ2v) is 4.79. The highest BCUT2D eigenvalue weighted by Crippen LogP contribution is 2.13. The van der Waals surface area contributed by atoms with Crippen LogP contribution in [0.2, 0.25) is 0 Å². The third-order valence-corrected chi connectivity index (χ3v) is 2.88. The summed E-state index contributed by atoms with van der Waals surface area (Å²) in [6.07, 6.45) is 2.59. The van der Waals surface area contributed by atoms with Gasteiger partial charge in [-0.3, -0.25) is 4.79 Å². The molecule has 1 aromatic heterocycles. The fraction of sp³-hybridized carbons (Fsp3) is 0.250. The van der Waals surface area contributed by atoms with Gasteiger partial charge in [-0.2, -0.15) is 0 Å². The average molecular weight is 322 g/mol. The Bertz CT molecular complexity index is 603. The molecule has 0 unspecified atom stereocenters. The summed E-state index contributed by atoms with van der Waals surface area (Å²) in [6.45, 7) is 2.53. The molecule has 0 aliphatic carbocycles. The van der Waals surface area contributed by atoms with Crippen LogP contribution in [0.15, 0.2) is 42.6 Å². The fourth-order valence-electron chi connectivity index (χ4n) is 1.83. The van der Waals surface area contributed by atoms with E-state index in [1.165, 1.54) is 6.20 Å². The lowest BCUT2D eigenvalue weighted by Crippen LogP contribution is -2.13. The van der Waals surface area contributed by atoms with Gasteiger partial charge in [0, 0.05) is 6.42 Å². The van der Waals surface area contributed by atoms with E-state index in [4.69, 9.17) is 10.5 Å². The molecule has 5 nitrogen and oxygen atoms in total. The van der Waals surface area contributed by atoms with E-state index in [0.717, 1.165) is 11.3 Å². The maximum absolute atomic E-state index is 11.7. The summed E-state index contributed by atoms with van der Waals surface area (Å²) in [5.41, 5.74) is 7.28. The van der Waals surface area contributed by atoms with Crippen LogP contribution in [-0.4, -0.2) is 17.5 Å². The molecule has 0 aliphatic rings. The number of halogens is 1. The Balaban J connectivity index is 0.00000242. The third-order valence-electron chi connectivity index (χ3n) is 2.88. The van der Waals surface area contributed by atoms with Gasteiger partial charge in [-0.1, -0.05) is 12.1 Å². The molecule has 0 spiro atoms. The first-order valence-corrected chi connectivity index (χ1v) is 6.84. The molecule has 2 aromatic rings. The Kier molecular flexibility index (Phi) is 7.19. The van der Waals surface area contributed by atoms with Crippen molar-refractivity contribution in [2.75, 3.05) is 17.7 Å². The normalized spacial score (nSPS) is 9.68. The summed E-state index contributed by atoms with van der Waals surface area (Å²) in [6, 6.07) is 11.2. The highest BCUT2D eigenvalue weighted by molar-refractivity contribution is 5.90. The van der Waals surface area contributed by atoms with Crippen molar-refractivity contribution in [3.63, 3.8) is 0 Å². The van der Waals surface area contributed by atoms with Crippen molar-refractivity contribution in [1.82, 2.24) is 4.98 Å². The van der Waals surface area contributed by atoms with Gasteiger partial charge < -0.3 is 15.8 Å². The van der Waals surface area contributed by atoms with Crippen LogP contribution in [-0.2, 0) is 4.79 Å². The number of hydrogen-bond acceptors (Lipinski definition) is 4. The van der Waals surface area contributed by atoms with Crippen LogP contribution in [0, 0.1) is 6.92 Å². The van der Waals surface area contributed by atoms with E-state index in [1.54, 1.807) is 12.1 Å². The topological polar surface area (TPSA) is 77.2 Å². The van der Waals surface area contributed by atoms with Crippen LogP contribution in [0.4, 0.5) is 11.5 Å². The number of carbonyl (C=O) groups excluding carboxylic acids is 1. The van der Waals surface area contributed by atoms with E-state index in [9.17, 15) is 4.79 Å². The van der Waals surface area contributed by atoms with Gasteiger partial charge in [0.05, 0.1) is 18.5 Å². The third kappa shape index (κ3) is 6.01. The Morgan fingerprint density at radius 2 is 2.14 bits per heavy atom. The van der Waals surface area contributed by atoms with Crippen LogP contribution in [0.1, 0.15) is 18.4 Å². The molecular formula is C16H20ClN3O2. The number of aryl methyl sites for hydroxylation is 1. The first kappa shape index (κ1) is 17.8. The molecule has 0 aliphatic heterocycles. The number of amides is 1. The molecule has 0 fully saturated rings. The average Bonchev–Trinajstić information content (AvgIpc) is 2.46. The molecule has 3 N–H and O–H groups in total. The zero-order valence-electron chi connectivity index (χ0n) is 12.4. The van der Waals surface area contributed by atoms with Gasteiger partial charge >= 0.3 is 0 Å². The lowest BCUT2D eigenvalue weighted by Gasteiger charge is -2.07. The molecular weight excluding hydrogens is 302 g/mol. The minimum Gasteiger partial charge on any atom is -0.494 e. The summed E-state index contributed by atoms with van der Waals surface area (Å²) in [5.74, 6) is 1.20. The van der Waals surface area contributed by atoms with Crippen LogP contribution < -0.4 is 15.8 Å². The van der Waals surface area contributed by atoms with E-state index in [-0.39, 0.29) is 18.3 Å². The smallest absolute Gasteiger partial charge is 0.224 e.